The zero-order valence-electron chi connectivity index (χ0n) is 18.3. The molecule has 1 heterocycles. The summed E-state index contributed by atoms with van der Waals surface area (Å²) < 4.78 is 38.5. The molecule has 2 aromatic rings. The Morgan fingerprint density at radius 3 is 2.50 bits per heavy atom. The molecule has 1 aliphatic carbocycles. The van der Waals surface area contributed by atoms with E-state index in [4.69, 9.17) is 12.2 Å². The van der Waals surface area contributed by atoms with Crippen molar-refractivity contribution in [3.05, 3.63) is 52.9 Å². The van der Waals surface area contributed by atoms with E-state index < -0.39 is 23.8 Å². The first kappa shape index (κ1) is 25.2. The Kier molecular flexibility index (Phi) is 7.89. The lowest BCUT2D eigenvalue weighted by Crippen LogP contribution is -2.46. The summed E-state index contributed by atoms with van der Waals surface area (Å²) in [5.74, 6) is 0.877. The predicted octanol–water partition coefficient (Wildman–Crippen LogP) is 4.97. The summed E-state index contributed by atoms with van der Waals surface area (Å²) >= 11 is 1.29. The van der Waals surface area contributed by atoms with Crippen molar-refractivity contribution in [3.63, 3.8) is 0 Å². The monoisotopic (exact) mass is 490 g/mol. The van der Waals surface area contributed by atoms with E-state index in [9.17, 15) is 22.8 Å². The van der Waals surface area contributed by atoms with Crippen molar-refractivity contribution in [1.82, 2.24) is 5.32 Å². The number of anilines is 3. The maximum atomic E-state index is 13.4. The molecule has 0 aliphatic heterocycles. The number of terminal acetylenes is 1. The second-order valence-electron chi connectivity index (χ2n) is 7.95. The standard InChI is InChI=1S/C24H25F3N4O2S/c1-3-21(32)31(17-11-12-19(18(28)14-17)29-15(2)24(25,26)27)22(20-10-7-13-34-20)23(33)30-16-8-5-4-6-9-16/h1,7,10-14,16,22,29H,2,4-6,8-9,28H2,(H,30,33). The number of hydrogen-bond donors (Lipinski definition) is 3. The van der Waals surface area contributed by atoms with Gasteiger partial charge in [-0.25, -0.2) is 0 Å². The maximum absolute atomic E-state index is 13.4. The van der Waals surface area contributed by atoms with Crippen molar-refractivity contribution in [2.45, 2.75) is 50.4 Å². The molecule has 0 bridgehead atoms. The summed E-state index contributed by atoms with van der Waals surface area (Å²) in [7, 11) is 0. The van der Waals surface area contributed by atoms with Crippen LogP contribution in [0, 0.1) is 12.3 Å². The summed E-state index contributed by atoms with van der Waals surface area (Å²) in [6, 6.07) is 6.37. The summed E-state index contributed by atoms with van der Waals surface area (Å²) in [5.41, 5.74) is 4.85. The Morgan fingerprint density at radius 2 is 1.94 bits per heavy atom. The van der Waals surface area contributed by atoms with Gasteiger partial charge in [0.1, 0.15) is 5.70 Å². The first-order valence-corrected chi connectivity index (χ1v) is 11.6. The number of allylic oxidation sites excluding steroid dienone is 1. The van der Waals surface area contributed by atoms with E-state index in [-0.39, 0.29) is 29.0 Å². The fraction of sp³-hybridized carbons (Fsp3) is 0.333. The van der Waals surface area contributed by atoms with Gasteiger partial charge in [-0.3, -0.25) is 14.5 Å². The van der Waals surface area contributed by atoms with Gasteiger partial charge in [-0.1, -0.05) is 31.9 Å². The molecular weight excluding hydrogens is 465 g/mol. The van der Waals surface area contributed by atoms with Gasteiger partial charge in [-0.15, -0.1) is 17.8 Å². The van der Waals surface area contributed by atoms with Crippen molar-refractivity contribution in [3.8, 4) is 12.3 Å². The van der Waals surface area contributed by atoms with E-state index in [1.807, 2.05) is 5.92 Å². The van der Waals surface area contributed by atoms with Gasteiger partial charge in [0.05, 0.1) is 11.4 Å². The van der Waals surface area contributed by atoms with E-state index >= 15 is 0 Å². The minimum absolute atomic E-state index is 0.00322. The molecule has 1 unspecified atom stereocenters. The average Bonchev–Trinajstić information content (AvgIpc) is 3.32. The Morgan fingerprint density at radius 1 is 1.24 bits per heavy atom. The summed E-state index contributed by atoms with van der Waals surface area (Å²) in [6.45, 7) is 2.97. The number of rotatable bonds is 7. The van der Waals surface area contributed by atoms with Crippen LogP contribution in [0.25, 0.3) is 0 Å². The zero-order chi connectivity index (χ0) is 24.9. The minimum atomic E-state index is -4.65. The molecule has 4 N–H and O–H groups in total. The smallest absolute Gasteiger partial charge is 0.397 e. The zero-order valence-corrected chi connectivity index (χ0v) is 19.1. The van der Waals surface area contributed by atoms with Crippen LogP contribution in [0.2, 0.25) is 0 Å². The van der Waals surface area contributed by atoms with Crippen LogP contribution in [0.15, 0.2) is 48.0 Å². The van der Waals surface area contributed by atoms with Crippen LogP contribution in [0.1, 0.15) is 43.0 Å². The highest BCUT2D eigenvalue weighted by atomic mass is 32.1. The summed E-state index contributed by atoms with van der Waals surface area (Å²) in [5, 5.41) is 6.93. The quantitative estimate of drug-likeness (QED) is 0.378. The normalized spacial score (nSPS) is 15.1. The number of alkyl halides is 3. The number of nitrogens with two attached hydrogens (primary N) is 1. The molecule has 0 saturated heterocycles. The molecule has 2 amide bonds. The van der Waals surface area contributed by atoms with Gasteiger partial charge >= 0.3 is 12.1 Å². The molecule has 1 saturated carbocycles. The Bertz CT molecular complexity index is 1090. The second-order valence-corrected chi connectivity index (χ2v) is 8.93. The van der Waals surface area contributed by atoms with Gasteiger partial charge < -0.3 is 16.4 Å². The topological polar surface area (TPSA) is 87.5 Å². The van der Waals surface area contributed by atoms with Crippen molar-refractivity contribution in [1.29, 1.82) is 0 Å². The lowest BCUT2D eigenvalue weighted by Gasteiger charge is -2.32. The van der Waals surface area contributed by atoms with Crippen molar-refractivity contribution in [2.75, 3.05) is 16.0 Å². The highest BCUT2D eigenvalue weighted by molar-refractivity contribution is 7.10. The Balaban J connectivity index is 1.96. The molecule has 1 aromatic heterocycles. The third-order valence-corrected chi connectivity index (χ3v) is 6.48. The minimum Gasteiger partial charge on any atom is -0.397 e. The Labute approximate surface area is 200 Å². The number of nitrogens with zero attached hydrogens (tertiary/aromatic N) is 1. The fourth-order valence-electron chi connectivity index (χ4n) is 3.85. The molecular formula is C24H25F3N4O2S. The third kappa shape index (κ3) is 5.91. The molecule has 3 rings (SSSR count). The lowest BCUT2D eigenvalue weighted by atomic mass is 9.95. The number of halogens is 3. The van der Waals surface area contributed by atoms with Crippen molar-refractivity contribution in [2.24, 2.45) is 0 Å². The highest BCUT2D eigenvalue weighted by Crippen LogP contribution is 2.35. The number of thiophene rings is 1. The van der Waals surface area contributed by atoms with Crippen LogP contribution >= 0.6 is 11.3 Å². The fourth-order valence-corrected chi connectivity index (χ4v) is 4.66. The van der Waals surface area contributed by atoms with Gasteiger partial charge in [0.15, 0.2) is 6.04 Å². The number of carbonyl (C=O) groups is 2. The molecule has 10 heteroatoms. The number of carbonyl (C=O) groups excluding carboxylic acids is 2. The predicted molar refractivity (Wildman–Crippen MR) is 128 cm³/mol. The van der Waals surface area contributed by atoms with E-state index in [2.05, 4.69) is 17.2 Å². The average molecular weight is 491 g/mol. The van der Waals surface area contributed by atoms with Crippen LogP contribution in [0.3, 0.4) is 0 Å². The SMILES string of the molecule is C#CC(=O)N(c1ccc(NC(=C)C(F)(F)F)c(N)c1)C(C(=O)NC1CCCCC1)c1cccs1. The highest BCUT2D eigenvalue weighted by Gasteiger charge is 2.35. The number of nitrogens with one attached hydrogen (secondary N) is 2. The molecule has 1 fully saturated rings. The number of hydrogen-bond acceptors (Lipinski definition) is 5. The van der Waals surface area contributed by atoms with Gasteiger partial charge in [0.2, 0.25) is 5.91 Å². The van der Waals surface area contributed by atoms with E-state index in [0.717, 1.165) is 37.0 Å². The Hall–Kier alpha value is -3.45. The number of nitrogen functional groups attached to an aromatic ring is 1. The third-order valence-electron chi connectivity index (χ3n) is 5.55. The van der Waals surface area contributed by atoms with Crippen LogP contribution < -0.4 is 21.3 Å². The molecule has 34 heavy (non-hydrogen) atoms. The number of amides is 2. The van der Waals surface area contributed by atoms with E-state index in [1.54, 1.807) is 17.5 Å². The van der Waals surface area contributed by atoms with Crippen LogP contribution in [0.4, 0.5) is 30.2 Å². The van der Waals surface area contributed by atoms with Gasteiger partial charge in [-0.05, 0) is 48.4 Å². The summed E-state index contributed by atoms with van der Waals surface area (Å²) in [4.78, 5) is 28.0. The van der Waals surface area contributed by atoms with Crippen LogP contribution in [-0.2, 0) is 9.59 Å². The molecule has 1 atom stereocenters. The van der Waals surface area contributed by atoms with Gasteiger partial charge in [0, 0.05) is 16.6 Å². The molecule has 1 aromatic carbocycles. The number of benzene rings is 1. The largest absolute Gasteiger partial charge is 0.430 e. The van der Waals surface area contributed by atoms with Gasteiger partial charge in [0.25, 0.3) is 0 Å². The van der Waals surface area contributed by atoms with Crippen molar-refractivity contribution < 1.29 is 22.8 Å². The van der Waals surface area contributed by atoms with Crippen molar-refractivity contribution >= 4 is 40.2 Å². The molecule has 1 aliphatic rings. The van der Waals surface area contributed by atoms with Crippen LogP contribution in [0.5, 0.6) is 0 Å². The summed E-state index contributed by atoms with van der Waals surface area (Å²) in [6.07, 6.45) is 5.60. The molecule has 180 valence electrons. The second kappa shape index (κ2) is 10.7. The maximum Gasteiger partial charge on any atom is 0.430 e. The lowest BCUT2D eigenvalue weighted by molar-refractivity contribution is -0.125. The molecule has 0 spiro atoms. The first-order valence-electron chi connectivity index (χ1n) is 10.7. The van der Waals surface area contributed by atoms with E-state index in [0.29, 0.717) is 4.88 Å². The first-order chi connectivity index (χ1) is 16.1. The van der Waals surface area contributed by atoms with Crippen LogP contribution in [-0.4, -0.2) is 24.0 Å². The molecule has 0 radical (unpaired) electrons. The van der Waals surface area contributed by atoms with E-state index in [1.165, 1.54) is 29.5 Å². The molecule has 6 nitrogen and oxygen atoms in total. The van der Waals surface area contributed by atoms with Gasteiger partial charge in [-0.2, -0.15) is 13.2 Å².